The first-order valence-electron chi connectivity index (χ1n) is 12.1. The summed E-state index contributed by atoms with van der Waals surface area (Å²) in [5.74, 6) is 1.79. The summed E-state index contributed by atoms with van der Waals surface area (Å²) in [6.07, 6.45) is 12.4. The smallest absolute Gasteiger partial charge is 0.320 e. The van der Waals surface area contributed by atoms with Crippen molar-refractivity contribution < 1.29 is 9.72 Å². The fourth-order valence-corrected chi connectivity index (χ4v) is 7.31. The van der Waals surface area contributed by atoms with Crippen molar-refractivity contribution in [3.63, 3.8) is 0 Å². The number of nitrogens with zero attached hydrogens (tertiary/aromatic N) is 7. The summed E-state index contributed by atoms with van der Waals surface area (Å²) in [5.41, 5.74) is 0.868. The van der Waals surface area contributed by atoms with E-state index in [1.54, 1.807) is 15.8 Å². The highest BCUT2D eigenvalue weighted by Gasteiger charge is 2.53. The third-order valence-electron chi connectivity index (χ3n) is 8.41. The van der Waals surface area contributed by atoms with Gasteiger partial charge in [-0.05, 0) is 56.3 Å². The number of hydrogen-bond donors (Lipinski definition) is 0. The summed E-state index contributed by atoms with van der Waals surface area (Å²) >= 11 is 0. The molecule has 5 fully saturated rings. The predicted molar refractivity (Wildman–Crippen MR) is 119 cm³/mol. The Kier molecular flexibility index (Phi) is 4.83. The van der Waals surface area contributed by atoms with Gasteiger partial charge in [-0.3, -0.25) is 29.2 Å². The molecule has 2 aromatic heterocycles. The highest BCUT2D eigenvalue weighted by molar-refractivity contribution is 5.96. The lowest BCUT2D eigenvalue weighted by molar-refractivity contribution is -0.385. The maximum Gasteiger partial charge on any atom is 0.320 e. The predicted octanol–water partition coefficient (Wildman–Crippen LogP) is 2.41. The van der Waals surface area contributed by atoms with Crippen LogP contribution in [0.15, 0.2) is 18.6 Å². The van der Waals surface area contributed by atoms with Crippen molar-refractivity contribution in [1.29, 1.82) is 0 Å². The lowest BCUT2D eigenvalue weighted by Gasteiger charge is -2.56. The Morgan fingerprint density at radius 2 is 1.73 bits per heavy atom. The van der Waals surface area contributed by atoms with Gasteiger partial charge >= 0.3 is 5.69 Å². The topological polar surface area (TPSA) is 102 Å². The minimum absolute atomic E-state index is 0.0106. The van der Waals surface area contributed by atoms with Crippen LogP contribution in [0.3, 0.4) is 0 Å². The molecule has 176 valence electrons. The Morgan fingerprint density at radius 3 is 2.27 bits per heavy atom. The molecule has 10 nitrogen and oxygen atoms in total. The van der Waals surface area contributed by atoms with Crippen molar-refractivity contribution in [1.82, 2.24) is 29.4 Å². The van der Waals surface area contributed by atoms with Crippen molar-refractivity contribution >= 4 is 11.6 Å². The zero-order valence-electron chi connectivity index (χ0n) is 19.1. The maximum absolute atomic E-state index is 13.3. The zero-order chi connectivity index (χ0) is 22.7. The molecule has 4 bridgehead atoms. The lowest BCUT2D eigenvalue weighted by Crippen LogP contribution is -2.52. The number of amides is 1. The van der Waals surface area contributed by atoms with Gasteiger partial charge in [0.25, 0.3) is 5.91 Å². The van der Waals surface area contributed by atoms with Crippen LogP contribution in [0.2, 0.25) is 0 Å². The molecule has 0 unspecified atom stereocenters. The highest BCUT2D eigenvalue weighted by Crippen LogP contribution is 2.58. The number of aryl methyl sites for hydroxylation is 1. The molecule has 1 aliphatic heterocycles. The second-order valence-corrected chi connectivity index (χ2v) is 10.8. The largest absolute Gasteiger partial charge is 0.334 e. The minimum atomic E-state index is -0.435. The van der Waals surface area contributed by atoms with E-state index in [-0.39, 0.29) is 22.8 Å². The average Bonchev–Trinajstić information content (AvgIpc) is 3.40. The van der Waals surface area contributed by atoms with Gasteiger partial charge in [-0.15, -0.1) is 0 Å². The molecule has 0 spiro atoms. The normalized spacial score (nSPS) is 31.3. The van der Waals surface area contributed by atoms with Gasteiger partial charge in [-0.2, -0.15) is 10.2 Å². The second kappa shape index (κ2) is 7.65. The molecular weight excluding hydrogens is 422 g/mol. The summed E-state index contributed by atoms with van der Waals surface area (Å²) in [6, 6.07) is 0. The molecule has 0 atom stereocenters. The van der Waals surface area contributed by atoms with Crippen molar-refractivity contribution in [3.05, 3.63) is 40.0 Å². The first kappa shape index (κ1) is 20.8. The Bertz CT molecular complexity index is 1050. The van der Waals surface area contributed by atoms with Crippen LogP contribution in [0.4, 0.5) is 5.69 Å². The third-order valence-corrected chi connectivity index (χ3v) is 8.41. The van der Waals surface area contributed by atoms with Gasteiger partial charge in [0, 0.05) is 51.5 Å². The number of nitro groups is 1. The van der Waals surface area contributed by atoms with Crippen LogP contribution in [0, 0.1) is 27.9 Å². The van der Waals surface area contributed by atoms with E-state index in [2.05, 4.69) is 15.1 Å². The highest BCUT2D eigenvalue weighted by atomic mass is 16.6. The number of carbonyl (C=O) groups is 1. The van der Waals surface area contributed by atoms with Crippen LogP contribution in [-0.4, -0.2) is 66.4 Å². The quantitative estimate of drug-likeness (QED) is 0.509. The van der Waals surface area contributed by atoms with Crippen LogP contribution in [0.25, 0.3) is 0 Å². The summed E-state index contributed by atoms with van der Waals surface area (Å²) in [4.78, 5) is 28.8. The zero-order valence-corrected chi connectivity index (χ0v) is 19.1. The van der Waals surface area contributed by atoms with Crippen molar-refractivity contribution in [2.24, 2.45) is 24.8 Å². The van der Waals surface area contributed by atoms with Crippen LogP contribution < -0.4 is 0 Å². The van der Waals surface area contributed by atoms with Crippen LogP contribution in [0.5, 0.6) is 0 Å². The van der Waals surface area contributed by atoms with E-state index in [0.717, 1.165) is 44.5 Å². The lowest BCUT2D eigenvalue weighted by atomic mass is 9.53. The van der Waals surface area contributed by atoms with E-state index in [1.165, 1.54) is 19.3 Å². The molecule has 4 saturated carbocycles. The molecule has 33 heavy (non-hydrogen) atoms. The molecule has 3 heterocycles. The van der Waals surface area contributed by atoms with E-state index in [0.29, 0.717) is 30.8 Å². The average molecular weight is 454 g/mol. The first-order valence-corrected chi connectivity index (χ1v) is 12.1. The second-order valence-electron chi connectivity index (χ2n) is 10.8. The minimum Gasteiger partial charge on any atom is -0.334 e. The summed E-state index contributed by atoms with van der Waals surface area (Å²) < 4.78 is 3.62. The van der Waals surface area contributed by atoms with Crippen molar-refractivity contribution in [2.45, 2.75) is 50.6 Å². The van der Waals surface area contributed by atoms with Crippen molar-refractivity contribution in [2.75, 3.05) is 26.2 Å². The van der Waals surface area contributed by atoms with E-state index in [1.807, 2.05) is 24.1 Å². The SMILES string of the molecule is Cn1cc(CN2CCN(C(=O)c3nn(C45CC6CC(CC(C6)C4)C5)cc3[N+](=O)[O-])CC2)cn1. The number of hydrogen-bond acceptors (Lipinski definition) is 6. The monoisotopic (exact) mass is 453 g/mol. The molecule has 0 N–H and O–H groups in total. The third kappa shape index (κ3) is 3.64. The fourth-order valence-electron chi connectivity index (χ4n) is 7.31. The maximum atomic E-state index is 13.3. The molecule has 0 radical (unpaired) electrons. The Hall–Kier alpha value is -2.75. The number of aromatic nitrogens is 4. The Balaban J connectivity index is 1.19. The molecular formula is C23H31N7O3. The van der Waals surface area contributed by atoms with E-state index in [9.17, 15) is 14.9 Å². The molecule has 1 amide bonds. The van der Waals surface area contributed by atoms with E-state index < -0.39 is 4.92 Å². The van der Waals surface area contributed by atoms with Crippen LogP contribution in [-0.2, 0) is 19.1 Å². The first-order chi connectivity index (χ1) is 15.9. The molecule has 10 heteroatoms. The van der Waals surface area contributed by atoms with Crippen molar-refractivity contribution in [3.8, 4) is 0 Å². The van der Waals surface area contributed by atoms with E-state index in [4.69, 9.17) is 0 Å². The molecule has 5 aliphatic rings. The standard InChI is InChI=1S/C23H31N7O3/c1-26-13-19(12-24-26)14-27-2-4-28(5-3-27)22(31)21-20(30(32)33)15-29(25-21)23-9-16-6-17(10-23)8-18(7-16)11-23/h12-13,15-18H,2-11,14H2,1H3. The van der Waals surface area contributed by atoms with Gasteiger partial charge in [0.2, 0.25) is 5.69 Å². The van der Waals surface area contributed by atoms with Gasteiger partial charge in [0.05, 0.1) is 16.7 Å². The number of rotatable bonds is 5. The molecule has 1 saturated heterocycles. The van der Waals surface area contributed by atoms with Gasteiger partial charge in [-0.1, -0.05) is 0 Å². The molecule has 4 aliphatic carbocycles. The molecule has 0 aromatic carbocycles. The van der Waals surface area contributed by atoms with Gasteiger partial charge < -0.3 is 4.90 Å². The number of carbonyl (C=O) groups excluding carboxylic acids is 1. The molecule has 2 aromatic rings. The van der Waals surface area contributed by atoms with Gasteiger partial charge in [0.15, 0.2) is 0 Å². The van der Waals surface area contributed by atoms with Gasteiger partial charge in [0.1, 0.15) is 6.20 Å². The molecule has 7 rings (SSSR count). The van der Waals surface area contributed by atoms with Crippen LogP contribution >= 0.6 is 0 Å². The number of piperazine rings is 1. The van der Waals surface area contributed by atoms with E-state index >= 15 is 0 Å². The summed E-state index contributed by atoms with van der Waals surface area (Å²) in [6.45, 7) is 3.33. The fraction of sp³-hybridized carbons (Fsp3) is 0.696. The van der Waals surface area contributed by atoms with Gasteiger partial charge in [-0.25, -0.2) is 0 Å². The Labute approximate surface area is 192 Å². The summed E-state index contributed by atoms with van der Waals surface area (Å²) in [5, 5.41) is 20.7. The summed E-state index contributed by atoms with van der Waals surface area (Å²) in [7, 11) is 1.90. The Morgan fingerprint density at radius 1 is 1.09 bits per heavy atom. The van der Waals surface area contributed by atoms with Crippen LogP contribution in [0.1, 0.15) is 54.6 Å².